The number of carbonyl (C=O) groups excluding carboxylic acids is 1. The van der Waals surface area contributed by atoms with E-state index in [1.165, 1.54) is 0 Å². The predicted octanol–water partition coefficient (Wildman–Crippen LogP) is 1.22. The molecule has 1 N–H and O–H groups in total. The molecule has 0 fully saturated rings. The van der Waals surface area contributed by atoms with Gasteiger partial charge in [-0.1, -0.05) is 41.6 Å². The molecule has 3 aromatic rings. The van der Waals surface area contributed by atoms with Crippen molar-refractivity contribution in [3.05, 3.63) is 71.0 Å². The molecule has 0 unspecified atom stereocenters. The first-order chi connectivity index (χ1) is 12.1. The summed E-state index contributed by atoms with van der Waals surface area (Å²) in [5.41, 5.74) is 4.44. The summed E-state index contributed by atoms with van der Waals surface area (Å²) in [7, 11) is -0.911. The van der Waals surface area contributed by atoms with Crippen LogP contribution in [-0.2, 0) is 17.7 Å². The van der Waals surface area contributed by atoms with Crippen LogP contribution >= 0.6 is 0 Å². The summed E-state index contributed by atoms with van der Waals surface area (Å²) in [6.45, 7) is 2.23. The molecule has 0 spiro atoms. The topological polar surface area (TPSA) is 77.2 Å². The Morgan fingerprint density at radius 3 is 2.88 bits per heavy atom. The van der Waals surface area contributed by atoms with Crippen molar-refractivity contribution in [2.45, 2.75) is 20.0 Å². The highest BCUT2D eigenvalue weighted by molar-refractivity contribution is 6.61. The minimum atomic E-state index is -0.911. The maximum absolute atomic E-state index is 12.7. The SMILES string of the molecule is Cc1c(C(=O)Cc2ccc3c(c2)B(O)OC3)nnn1-c1ccccc1. The third-order valence-electron chi connectivity index (χ3n) is 4.40. The molecule has 0 saturated heterocycles. The first-order valence-corrected chi connectivity index (χ1v) is 8.06. The van der Waals surface area contributed by atoms with E-state index in [-0.39, 0.29) is 12.2 Å². The van der Waals surface area contributed by atoms with Crippen molar-refractivity contribution in [1.82, 2.24) is 15.0 Å². The lowest BCUT2D eigenvalue weighted by atomic mass is 9.78. The van der Waals surface area contributed by atoms with Gasteiger partial charge < -0.3 is 9.68 Å². The number of para-hydroxylation sites is 1. The van der Waals surface area contributed by atoms with Crippen LogP contribution in [0.2, 0.25) is 0 Å². The van der Waals surface area contributed by atoms with Crippen molar-refractivity contribution >= 4 is 18.4 Å². The fourth-order valence-electron chi connectivity index (χ4n) is 3.04. The summed E-state index contributed by atoms with van der Waals surface area (Å²) >= 11 is 0. The molecule has 6 nitrogen and oxygen atoms in total. The molecule has 2 aromatic carbocycles. The molecule has 0 radical (unpaired) electrons. The third-order valence-corrected chi connectivity index (χ3v) is 4.40. The van der Waals surface area contributed by atoms with Gasteiger partial charge in [0.1, 0.15) is 0 Å². The number of Topliss-reactive ketones (excluding diaryl/α,β-unsaturated/α-hetero) is 1. The van der Waals surface area contributed by atoms with E-state index < -0.39 is 7.12 Å². The monoisotopic (exact) mass is 333 g/mol. The van der Waals surface area contributed by atoms with Gasteiger partial charge in [0.2, 0.25) is 0 Å². The number of hydrogen-bond donors (Lipinski definition) is 1. The van der Waals surface area contributed by atoms with Crippen LogP contribution in [0.15, 0.2) is 48.5 Å². The maximum atomic E-state index is 12.7. The molecule has 0 atom stereocenters. The highest BCUT2D eigenvalue weighted by atomic mass is 16.5. The molecule has 4 rings (SSSR count). The Hall–Kier alpha value is -2.77. The standard InChI is InChI=1S/C18H16BN3O3/c1-12-18(20-21-22(12)15-5-3-2-4-6-15)17(23)10-13-7-8-14-11-25-19(24)16(14)9-13/h2-9,24H,10-11H2,1H3. The second kappa shape index (κ2) is 6.27. The minimum absolute atomic E-state index is 0.104. The molecule has 7 heteroatoms. The summed E-state index contributed by atoms with van der Waals surface area (Å²) < 4.78 is 6.84. The van der Waals surface area contributed by atoms with Gasteiger partial charge in [0, 0.05) is 6.42 Å². The Morgan fingerprint density at radius 1 is 1.28 bits per heavy atom. The van der Waals surface area contributed by atoms with Gasteiger partial charge in [-0.25, -0.2) is 4.68 Å². The summed E-state index contributed by atoms with van der Waals surface area (Å²) in [5, 5.41) is 18.0. The third kappa shape index (κ3) is 2.88. The Bertz CT molecular complexity index is 940. The quantitative estimate of drug-likeness (QED) is 0.574. The molecule has 1 aliphatic rings. The Kier molecular flexibility index (Phi) is 3.95. The normalized spacial score (nSPS) is 13.1. The fourth-order valence-corrected chi connectivity index (χ4v) is 3.04. The van der Waals surface area contributed by atoms with Crippen LogP contribution in [0.5, 0.6) is 0 Å². The molecule has 0 amide bonds. The first-order valence-electron chi connectivity index (χ1n) is 8.06. The van der Waals surface area contributed by atoms with Gasteiger partial charge in [-0.05, 0) is 35.6 Å². The second-order valence-corrected chi connectivity index (χ2v) is 6.07. The zero-order valence-electron chi connectivity index (χ0n) is 13.7. The molecule has 1 aliphatic heterocycles. The van der Waals surface area contributed by atoms with E-state index in [0.29, 0.717) is 18.0 Å². The highest BCUT2D eigenvalue weighted by Crippen LogP contribution is 2.16. The van der Waals surface area contributed by atoms with Gasteiger partial charge in [0.05, 0.1) is 18.0 Å². The Morgan fingerprint density at radius 2 is 2.08 bits per heavy atom. The van der Waals surface area contributed by atoms with Gasteiger partial charge >= 0.3 is 7.12 Å². The summed E-state index contributed by atoms with van der Waals surface area (Å²) in [6.07, 6.45) is 0.203. The van der Waals surface area contributed by atoms with Crippen molar-refractivity contribution in [3.8, 4) is 5.69 Å². The number of aromatic nitrogens is 3. The van der Waals surface area contributed by atoms with Crippen molar-refractivity contribution in [2.24, 2.45) is 0 Å². The molecule has 25 heavy (non-hydrogen) atoms. The van der Waals surface area contributed by atoms with Gasteiger partial charge in [0.25, 0.3) is 0 Å². The Balaban J connectivity index is 1.58. The van der Waals surface area contributed by atoms with Crippen molar-refractivity contribution in [1.29, 1.82) is 0 Å². The van der Waals surface area contributed by atoms with Crippen LogP contribution in [-0.4, -0.2) is 32.9 Å². The van der Waals surface area contributed by atoms with E-state index in [0.717, 1.165) is 22.3 Å². The number of hydrogen-bond acceptors (Lipinski definition) is 5. The van der Waals surface area contributed by atoms with E-state index in [2.05, 4.69) is 10.3 Å². The highest BCUT2D eigenvalue weighted by Gasteiger charge is 2.27. The van der Waals surface area contributed by atoms with Crippen molar-refractivity contribution < 1.29 is 14.5 Å². The molecule has 2 heterocycles. The van der Waals surface area contributed by atoms with Crippen molar-refractivity contribution in [2.75, 3.05) is 0 Å². The smallest absolute Gasteiger partial charge is 0.423 e. The van der Waals surface area contributed by atoms with Crippen LogP contribution in [0.25, 0.3) is 5.69 Å². The zero-order chi connectivity index (χ0) is 17.4. The average molecular weight is 333 g/mol. The van der Waals surface area contributed by atoms with Gasteiger partial charge in [0.15, 0.2) is 11.5 Å². The lowest BCUT2D eigenvalue weighted by molar-refractivity contribution is 0.0987. The summed E-state index contributed by atoms with van der Waals surface area (Å²) in [5.74, 6) is -0.104. The molecule has 0 aliphatic carbocycles. The molecule has 0 bridgehead atoms. The minimum Gasteiger partial charge on any atom is -0.423 e. The van der Waals surface area contributed by atoms with Crippen LogP contribution in [0, 0.1) is 6.92 Å². The fraction of sp³-hybridized carbons (Fsp3) is 0.167. The second-order valence-electron chi connectivity index (χ2n) is 6.07. The summed E-state index contributed by atoms with van der Waals surface area (Å²) in [4.78, 5) is 12.7. The van der Waals surface area contributed by atoms with Gasteiger partial charge in [-0.3, -0.25) is 4.79 Å². The van der Waals surface area contributed by atoms with E-state index in [1.54, 1.807) is 4.68 Å². The number of nitrogens with zero attached hydrogens (tertiary/aromatic N) is 3. The number of carbonyl (C=O) groups is 1. The average Bonchev–Trinajstić information content (AvgIpc) is 3.19. The van der Waals surface area contributed by atoms with E-state index in [4.69, 9.17) is 4.65 Å². The van der Waals surface area contributed by atoms with Gasteiger partial charge in [-0.15, -0.1) is 5.10 Å². The number of rotatable bonds is 4. The number of benzene rings is 2. The van der Waals surface area contributed by atoms with E-state index >= 15 is 0 Å². The predicted molar refractivity (Wildman–Crippen MR) is 93.0 cm³/mol. The maximum Gasteiger partial charge on any atom is 0.491 e. The zero-order valence-corrected chi connectivity index (χ0v) is 13.7. The van der Waals surface area contributed by atoms with E-state index in [9.17, 15) is 9.82 Å². The lowest BCUT2D eigenvalue weighted by Crippen LogP contribution is -2.28. The van der Waals surface area contributed by atoms with Crippen LogP contribution < -0.4 is 5.46 Å². The molecular weight excluding hydrogens is 317 g/mol. The lowest BCUT2D eigenvalue weighted by Gasteiger charge is -2.05. The largest absolute Gasteiger partial charge is 0.491 e. The number of fused-ring (bicyclic) bond motifs is 1. The van der Waals surface area contributed by atoms with Crippen molar-refractivity contribution in [3.63, 3.8) is 0 Å². The number of ketones is 1. The van der Waals surface area contributed by atoms with E-state index in [1.807, 2.05) is 55.5 Å². The van der Waals surface area contributed by atoms with Crippen LogP contribution in [0.3, 0.4) is 0 Å². The molecule has 1 aromatic heterocycles. The van der Waals surface area contributed by atoms with Crippen LogP contribution in [0.4, 0.5) is 0 Å². The van der Waals surface area contributed by atoms with Gasteiger partial charge in [-0.2, -0.15) is 0 Å². The molecular formula is C18H16BN3O3. The first kappa shape index (κ1) is 15.7. The summed E-state index contributed by atoms with van der Waals surface area (Å²) in [6, 6.07) is 15.2. The molecule has 0 saturated carbocycles. The Labute approximate surface area is 145 Å². The van der Waals surface area contributed by atoms with Crippen LogP contribution in [0.1, 0.15) is 27.3 Å². The molecule has 124 valence electrons.